The van der Waals surface area contributed by atoms with Gasteiger partial charge in [0.1, 0.15) is 0 Å². The minimum atomic E-state index is 0.855. The van der Waals surface area contributed by atoms with E-state index in [2.05, 4.69) is 78.4 Å². The maximum atomic E-state index is 3.59. The van der Waals surface area contributed by atoms with Crippen LogP contribution in [0, 0.1) is 20.8 Å². The second-order valence-electron chi connectivity index (χ2n) is 4.77. The molecule has 0 aliphatic rings. The highest BCUT2D eigenvalue weighted by Crippen LogP contribution is 2.24. The maximum Gasteiger partial charge on any atom is 0.0487 e. The third-order valence-electron chi connectivity index (χ3n) is 3.09. The zero-order chi connectivity index (χ0) is 13.1. The second-order valence-corrected chi connectivity index (χ2v) is 5.62. The zero-order valence-electron chi connectivity index (χ0n) is 11.0. The third-order valence-corrected chi connectivity index (χ3v) is 3.75. The fourth-order valence-corrected chi connectivity index (χ4v) is 2.63. The van der Waals surface area contributed by atoms with E-state index >= 15 is 0 Å². The summed E-state index contributed by atoms with van der Waals surface area (Å²) in [5, 5.41) is 3.47. The average molecular weight is 304 g/mol. The highest BCUT2D eigenvalue weighted by atomic mass is 79.9. The Hall–Kier alpha value is -1.28. The molecule has 0 saturated heterocycles. The van der Waals surface area contributed by atoms with Crippen LogP contribution in [0.15, 0.2) is 40.9 Å². The molecule has 0 heterocycles. The van der Waals surface area contributed by atoms with Gasteiger partial charge in [0.2, 0.25) is 0 Å². The maximum absolute atomic E-state index is 3.59. The molecular weight excluding hydrogens is 286 g/mol. The minimum Gasteiger partial charge on any atom is -0.380 e. The van der Waals surface area contributed by atoms with E-state index in [-0.39, 0.29) is 0 Å². The van der Waals surface area contributed by atoms with Crippen molar-refractivity contribution in [2.75, 3.05) is 5.32 Å². The van der Waals surface area contributed by atoms with Crippen LogP contribution in [-0.4, -0.2) is 0 Å². The van der Waals surface area contributed by atoms with E-state index in [1.54, 1.807) is 0 Å². The fourth-order valence-electron chi connectivity index (χ4n) is 2.00. The molecule has 0 spiro atoms. The molecule has 0 aromatic heterocycles. The van der Waals surface area contributed by atoms with E-state index in [0.29, 0.717) is 0 Å². The Labute approximate surface area is 117 Å². The molecule has 0 atom stereocenters. The van der Waals surface area contributed by atoms with Crippen LogP contribution < -0.4 is 5.32 Å². The zero-order valence-corrected chi connectivity index (χ0v) is 12.6. The molecular formula is C16H18BrN. The molecule has 0 aliphatic carbocycles. The quantitative estimate of drug-likeness (QED) is 0.842. The molecule has 0 radical (unpaired) electrons. The molecule has 2 aromatic rings. The Morgan fingerprint density at radius 3 is 2.28 bits per heavy atom. The van der Waals surface area contributed by atoms with Crippen LogP contribution in [0.3, 0.4) is 0 Å². The van der Waals surface area contributed by atoms with Crippen LogP contribution in [0.5, 0.6) is 0 Å². The summed E-state index contributed by atoms with van der Waals surface area (Å²) in [7, 11) is 0. The standard InChI is InChI=1S/C16H18BrN/c1-11-4-6-14(13(3)8-11)10-18-16-7-5-12(2)9-15(16)17/h4-9,18H,10H2,1-3H3. The first kappa shape index (κ1) is 13.2. The lowest BCUT2D eigenvalue weighted by Gasteiger charge is -2.11. The van der Waals surface area contributed by atoms with Gasteiger partial charge in [-0.15, -0.1) is 0 Å². The molecule has 1 N–H and O–H groups in total. The number of nitrogens with one attached hydrogen (secondary N) is 1. The van der Waals surface area contributed by atoms with Crippen molar-refractivity contribution in [2.45, 2.75) is 27.3 Å². The fraction of sp³-hybridized carbons (Fsp3) is 0.250. The van der Waals surface area contributed by atoms with Crippen molar-refractivity contribution >= 4 is 21.6 Å². The van der Waals surface area contributed by atoms with Gasteiger partial charge >= 0.3 is 0 Å². The first-order chi connectivity index (χ1) is 8.56. The van der Waals surface area contributed by atoms with Crippen LogP contribution in [0.1, 0.15) is 22.3 Å². The second kappa shape index (κ2) is 5.57. The van der Waals surface area contributed by atoms with Crippen molar-refractivity contribution in [1.82, 2.24) is 0 Å². The topological polar surface area (TPSA) is 12.0 Å². The van der Waals surface area contributed by atoms with Gasteiger partial charge in [0, 0.05) is 16.7 Å². The number of halogens is 1. The molecule has 0 fully saturated rings. The number of benzene rings is 2. The molecule has 18 heavy (non-hydrogen) atoms. The normalized spacial score (nSPS) is 10.4. The van der Waals surface area contributed by atoms with Gasteiger partial charge in [-0.2, -0.15) is 0 Å². The van der Waals surface area contributed by atoms with Gasteiger partial charge in [0.05, 0.1) is 0 Å². The summed E-state index contributed by atoms with van der Waals surface area (Å²) in [5.74, 6) is 0. The summed E-state index contributed by atoms with van der Waals surface area (Å²) in [6.45, 7) is 7.24. The average Bonchev–Trinajstić information content (AvgIpc) is 2.30. The summed E-state index contributed by atoms with van der Waals surface area (Å²) >= 11 is 3.59. The van der Waals surface area contributed by atoms with E-state index in [9.17, 15) is 0 Å². The van der Waals surface area contributed by atoms with Crippen molar-refractivity contribution in [3.05, 3.63) is 63.1 Å². The summed E-state index contributed by atoms with van der Waals surface area (Å²) in [6, 6.07) is 12.9. The Kier molecular flexibility index (Phi) is 4.07. The molecule has 2 aromatic carbocycles. The van der Waals surface area contributed by atoms with Crippen LogP contribution in [0.2, 0.25) is 0 Å². The molecule has 2 heteroatoms. The Morgan fingerprint density at radius 2 is 1.61 bits per heavy atom. The molecule has 0 unspecified atom stereocenters. The lowest BCUT2D eigenvalue weighted by atomic mass is 10.1. The lowest BCUT2D eigenvalue weighted by Crippen LogP contribution is -2.02. The van der Waals surface area contributed by atoms with Gasteiger partial charge in [-0.05, 0) is 65.5 Å². The molecule has 0 bridgehead atoms. The van der Waals surface area contributed by atoms with Crippen molar-refractivity contribution in [3.63, 3.8) is 0 Å². The minimum absolute atomic E-state index is 0.855. The molecule has 2 rings (SSSR count). The number of anilines is 1. The number of hydrogen-bond donors (Lipinski definition) is 1. The lowest BCUT2D eigenvalue weighted by molar-refractivity contribution is 1.11. The van der Waals surface area contributed by atoms with E-state index in [1.165, 1.54) is 22.3 Å². The predicted molar refractivity (Wildman–Crippen MR) is 82.1 cm³/mol. The number of aryl methyl sites for hydroxylation is 3. The van der Waals surface area contributed by atoms with Crippen LogP contribution in [0.4, 0.5) is 5.69 Å². The predicted octanol–water partition coefficient (Wildman–Crippen LogP) is 4.99. The first-order valence-electron chi connectivity index (χ1n) is 6.12. The third kappa shape index (κ3) is 3.14. The van der Waals surface area contributed by atoms with Gasteiger partial charge in [-0.1, -0.05) is 29.8 Å². The van der Waals surface area contributed by atoms with Crippen molar-refractivity contribution in [3.8, 4) is 0 Å². The molecule has 94 valence electrons. The van der Waals surface area contributed by atoms with Gasteiger partial charge in [-0.25, -0.2) is 0 Å². The van der Waals surface area contributed by atoms with Crippen molar-refractivity contribution < 1.29 is 0 Å². The molecule has 0 aliphatic heterocycles. The van der Waals surface area contributed by atoms with E-state index in [1.807, 2.05) is 0 Å². The first-order valence-corrected chi connectivity index (χ1v) is 6.92. The van der Waals surface area contributed by atoms with Gasteiger partial charge < -0.3 is 5.32 Å². The van der Waals surface area contributed by atoms with Crippen molar-refractivity contribution in [1.29, 1.82) is 0 Å². The van der Waals surface area contributed by atoms with Crippen LogP contribution in [0.25, 0.3) is 0 Å². The SMILES string of the molecule is Cc1ccc(CNc2ccc(C)cc2Br)c(C)c1. The summed E-state index contributed by atoms with van der Waals surface area (Å²) in [4.78, 5) is 0. The number of hydrogen-bond acceptors (Lipinski definition) is 1. The van der Waals surface area contributed by atoms with Gasteiger partial charge in [0.25, 0.3) is 0 Å². The highest BCUT2D eigenvalue weighted by Gasteiger charge is 2.02. The summed E-state index contributed by atoms with van der Waals surface area (Å²) in [6.07, 6.45) is 0. The van der Waals surface area contributed by atoms with E-state index in [4.69, 9.17) is 0 Å². The van der Waals surface area contributed by atoms with Crippen LogP contribution in [-0.2, 0) is 6.54 Å². The van der Waals surface area contributed by atoms with Crippen LogP contribution >= 0.6 is 15.9 Å². The van der Waals surface area contributed by atoms with Gasteiger partial charge in [0.15, 0.2) is 0 Å². The largest absolute Gasteiger partial charge is 0.380 e. The molecule has 0 saturated carbocycles. The Bertz CT molecular complexity index is 510. The summed E-state index contributed by atoms with van der Waals surface area (Å²) in [5.41, 5.74) is 6.39. The van der Waals surface area contributed by atoms with Crippen molar-refractivity contribution in [2.24, 2.45) is 0 Å². The van der Waals surface area contributed by atoms with E-state index in [0.717, 1.165) is 16.7 Å². The Balaban J connectivity index is 2.11. The number of rotatable bonds is 3. The monoisotopic (exact) mass is 303 g/mol. The van der Waals surface area contributed by atoms with Gasteiger partial charge in [-0.3, -0.25) is 0 Å². The highest BCUT2D eigenvalue weighted by molar-refractivity contribution is 9.10. The smallest absolute Gasteiger partial charge is 0.0487 e. The van der Waals surface area contributed by atoms with E-state index < -0.39 is 0 Å². The summed E-state index contributed by atoms with van der Waals surface area (Å²) < 4.78 is 1.12. The molecule has 0 amide bonds. The Morgan fingerprint density at radius 1 is 0.944 bits per heavy atom. The molecule has 1 nitrogen and oxygen atoms in total.